The molecule has 18 heavy (non-hydrogen) atoms. The van der Waals surface area contributed by atoms with E-state index in [1.165, 1.54) is 22.8 Å². The number of rotatable bonds is 3. The summed E-state index contributed by atoms with van der Waals surface area (Å²) in [7, 11) is -3.82. The Morgan fingerprint density at radius 3 is 2.89 bits per heavy atom. The SMILES string of the molecule is O=c1cc[nH]cc1S(=O)(=O)N1CCCCC1CO. The van der Waals surface area contributed by atoms with E-state index in [2.05, 4.69) is 4.98 Å². The lowest BCUT2D eigenvalue weighted by atomic mass is 10.1. The van der Waals surface area contributed by atoms with Crippen LogP contribution >= 0.6 is 0 Å². The van der Waals surface area contributed by atoms with Gasteiger partial charge >= 0.3 is 0 Å². The standard InChI is InChI=1S/C11H16N2O4S/c14-8-9-3-1-2-6-13(9)18(16,17)11-7-12-5-4-10(11)15/h4-5,7,9,14H,1-3,6,8H2,(H,12,15). The van der Waals surface area contributed by atoms with Crippen molar-refractivity contribution in [1.82, 2.24) is 9.29 Å². The van der Waals surface area contributed by atoms with Gasteiger partial charge in [-0.25, -0.2) is 8.42 Å². The number of piperidine rings is 1. The maximum atomic E-state index is 12.4. The average Bonchev–Trinajstić information content (AvgIpc) is 2.39. The number of nitrogens with one attached hydrogen (secondary N) is 1. The Morgan fingerprint density at radius 1 is 1.44 bits per heavy atom. The van der Waals surface area contributed by atoms with Gasteiger partial charge in [-0.2, -0.15) is 4.31 Å². The summed E-state index contributed by atoms with van der Waals surface area (Å²) in [5.74, 6) is 0. The summed E-state index contributed by atoms with van der Waals surface area (Å²) < 4.78 is 26.0. The van der Waals surface area contributed by atoms with E-state index in [9.17, 15) is 18.3 Å². The van der Waals surface area contributed by atoms with Gasteiger partial charge in [0.2, 0.25) is 15.5 Å². The first kappa shape index (κ1) is 13.3. The maximum Gasteiger partial charge on any atom is 0.248 e. The van der Waals surface area contributed by atoms with Crippen molar-refractivity contribution >= 4 is 10.0 Å². The molecule has 1 saturated heterocycles. The summed E-state index contributed by atoms with van der Waals surface area (Å²) in [4.78, 5) is 14.0. The molecule has 1 fully saturated rings. The Labute approximate surface area is 105 Å². The highest BCUT2D eigenvalue weighted by molar-refractivity contribution is 7.89. The lowest BCUT2D eigenvalue weighted by Gasteiger charge is -2.33. The highest BCUT2D eigenvalue weighted by Gasteiger charge is 2.34. The van der Waals surface area contributed by atoms with Crippen LogP contribution in [-0.4, -0.2) is 42.0 Å². The topological polar surface area (TPSA) is 90.5 Å². The lowest BCUT2D eigenvalue weighted by molar-refractivity contribution is 0.155. The van der Waals surface area contributed by atoms with Gasteiger partial charge in [0.25, 0.3) is 0 Å². The molecule has 100 valence electrons. The van der Waals surface area contributed by atoms with E-state index in [0.29, 0.717) is 13.0 Å². The Hall–Kier alpha value is -1.18. The summed E-state index contributed by atoms with van der Waals surface area (Å²) in [5, 5.41) is 9.25. The number of aliphatic hydroxyl groups excluding tert-OH is 1. The molecule has 6 nitrogen and oxygen atoms in total. The van der Waals surface area contributed by atoms with Crippen LogP contribution in [-0.2, 0) is 10.0 Å². The zero-order valence-corrected chi connectivity index (χ0v) is 10.7. The van der Waals surface area contributed by atoms with Crippen molar-refractivity contribution in [3.63, 3.8) is 0 Å². The van der Waals surface area contributed by atoms with Gasteiger partial charge in [0.05, 0.1) is 6.61 Å². The third-order valence-corrected chi connectivity index (χ3v) is 5.13. The molecule has 0 aromatic carbocycles. The van der Waals surface area contributed by atoms with Crippen molar-refractivity contribution in [3.05, 3.63) is 28.7 Å². The van der Waals surface area contributed by atoms with Gasteiger partial charge in [0.15, 0.2) is 0 Å². The second kappa shape index (κ2) is 5.21. The molecular weight excluding hydrogens is 256 g/mol. The summed E-state index contributed by atoms with van der Waals surface area (Å²) in [5.41, 5.74) is -0.531. The van der Waals surface area contributed by atoms with E-state index in [-0.39, 0.29) is 11.5 Å². The van der Waals surface area contributed by atoms with E-state index >= 15 is 0 Å². The number of pyridine rings is 1. The van der Waals surface area contributed by atoms with Gasteiger partial charge in [0, 0.05) is 31.0 Å². The van der Waals surface area contributed by atoms with Crippen molar-refractivity contribution in [2.24, 2.45) is 0 Å². The van der Waals surface area contributed by atoms with E-state index in [1.807, 2.05) is 0 Å². The normalized spacial score (nSPS) is 21.9. The van der Waals surface area contributed by atoms with Gasteiger partial charge < -0.3 is 10.1 Å². The van der Waals surface area contributed by atoms with Crippen LogP contribution in [0.15, 0.2) is 28.2 Å². The van der Waals surface area contributed by atoms with E-state index in [1.54, 1.807) is 0 Å². The number of H-pyrrole nitrogens is 1. The number of aliphatic hydroxyl groups is 1. The molecule has 0 bridgehead atoms. The first-order valence-electron chi connectivity index (χ1n) is 5.87. The molecule has 0 amide bonds. The number of aromatic nitrogens is 1. The Morgan fingerprint density at radius 2 is 2.22 bits per heavy atom. The third-order valence-electron chi connectivity index (χ3n) is 3.16. The van der Waals surface area contributed by atoms with Crippen molar-refractivity contribution in [2.75, 3.05) is 13.2 Å². The fourth-order valence-corrected chi connectivity index (χ4v) is 3.93. The molecule has 7 heteroatoms. The molecule has 1 unspecified atom stereocenters. The second-order valence-electron chi connectivity index (χ2n) is 4.32. The predicted octanol–water partition coefficient (Wildman–Crippen LogP) is -0.0896. The molecule has 1 aliphatic rings. The number of sulfonamides is 1. The molecule has 0 saturated carbocycles. The second-order valence-corrected chi connectivity index (χ2v) is 6.18. The average molecular weight is 272 g/mol. The molecule has 2 rings (SSSR count). The minimum absolute atomic E-state index is 0.218. The number of aromatic amines is 1. The van der Waals surface area contributed by atoms with Gasteiger partial charge in [-0.15, -0.1) is 0 Å². The van der Waals surface area contributed by atoms with Crippen LogP contribution < -0.4 is 5.43 Å². The van der Waals surface area contributed by atoms with E-state index in [0.717, 1.165) is 12.8 Å². The molecule has 1 aromatic rings. The number of hydrogen-bond donors (Lipinski definition) is 2. The summed E-state index contributed by atoms with van der Waals surface area (Å²) in [6.07, 6.45) is 4.85. The molecule has 2 heterocycles. The lowest BCUT2D eigenvalue weighted by Crippen LogP contribution is -2.46. The van der Waals surface area contributed by atoms with Crippen molar-refractivity contribution in [1.29, 1.82) is 0 Å². The number of hydrogen-bond acceptors (Lipinski definition) is 4. The van der Waals surface area contributed by atoms with Crippen LogP contribution in [0.1, 0.15) is 19.3 Å². The molecule has 0 spiro atoms. The van der Waals surface area contributed by atoms with E-state index in [4.69, 9.17) is 0 Å². The minimum atomic E-state index is -3.82. The monoisotopic (exact) mass is 272 g/mol. The van der Waals surface area contributed by atoms with Crippen LogP contribution in [0.4, 0.5) is 0 Å². The van der Waals surface area contributed by atoms with Crippen molar-refractivity contribution < 1.29 is 13.5 Å². The Bertz CT molecular complexity index is 566. The zero-order valence-electron chi connectivity index (χ0n) is 9.87. The third kappa shape index (κ3) is 2.33. The van der Waals surface area contributed by atoms with Crippen LogP contribution in [0.3, 0.4) is 0 Å². The van der Waals surface area contributed by atoms with Crippen molar-refractivity contribution in [2.45, 2.75) is 30.2 Å². The fourth-order valence-electron chi connectivity index (χ4n) is 2.20. The molecule has 1 aromatic heterocycles. The van der Waals surface area contributed by atoms with Crippen LogP contribution in [0.5, 0.6) is 0 Å². The van der Waals surface area contributed by atoms with Gasteiger partial charge in [0.1, 0.15) is 4.90 Å². The molecular formula is C11H16N2O4S. The van der Waals surface area contributed by atoms with Gasteiger partial charge in [-0.3, -0.25) is 4.79 Å². The summed E-state index contributed by atoms with van der Waals surface area (Å²) >= 11 is 0. The first-order chi connectivity index (χ1) is 8.57. The maximum absolute atomic E-state index is 12.4. The molecule has 1 atom stereocenters. The largest absolute Gasteiger partial charge is 0.395 e. The van der Waals surface area contributed by atoms with Gasteiger partial charge in [-0.05, 0) is 12.8 Å². The fraction of sp³-hybridized carbons (Fsp3) is 0.545. The van der Waals surface area contributed by atoms with Gasteiger partial charge in [-0.1, -0.05) is 6.42 Å². The predicted molar refractivity (Wildman–Crippen MR) is 65.7 cm³/mol. The number of nitrogens with zero attached hydrogens (tertiary/aromatic N) is 1. The Balaban J connectivity index is 2.42. The highest BCUT2D eigenvalue weighted by Crippen LogP contribution is 2.23. The molecule has 0 radical (unpaired) electrons. The van der Waals surface area contributed by atoms with Crippen LogP contribution in [0.25, 0.3) is 0 Å². The minimum Gasteiger partial charge on any atom is -0.395 e. The molecule has 1 aliphatic heterocycles. The smallest absolute Gasteiger partial charge is 0.248 e. The molecule has 2 N–H and O–H groups in total. The summed E-state index contributed by atoms with van der Waals surface area (Å²) in [6, 6.07) is 0.758. The summed E-state index contributed by atoms with van der Waals surface area (Å²) in [6.45, 7) is 0.131. The van der Waals surface area contributed by atoms with Crippen LogP contribution in [0, 0.1) is 0 Å². The highest BCUT2D eigenvalue weighted by atomic mass is 32.2. The Kier molecular flexibility index (Phi) is 3.84. The first-order valence-corrected chi connectivity index (χ1v) is 7.31. The van der Waals surface area contributed by atoms with Crippen molar-refractivity contribution in [3.8, 4) is 0 Å². The quantitative estimate of drug-likeness (QED) is 0.804. The molecule has 0 aliphatic carbocycles. The zero-order chi connectivity index (χ0) is 13.2. The van der Waals surface area contributed by atoms with E-state index < -0.39 is 21.5 Å². The van der Waals surface area contributed by atoms with Crippen LogP contribution in [0.2, 0.25) is 0 Å².